The van der Waals surface area contributed by atoms with Crippen LogP contribution in [-0.4, -0.2) is 75.7 Å². The lowest BCUT2D eigenvalue weighted by Gasteiger charge is -2.63. The molecule has 1 N–H and O–H groups in total. The Morgan fingerprint density at radius 1 is 0.657 bits per heavy atom. The van der Waals surface area contributed by atoms with Gasteiger partial charge in [0, 0.05) is 30.6 Å². The van der Waals surface area contributed by atoms with Crippen LogP contribution in [0, 0.1) is 104 Å². The van der Waals surface area contributed by atoms with E-state index >= 15 is 9.59 Å². The Morgan fingerprint density at radius 3 is 1.87 bits per heavy atom. The van der Waals surface area contributed by atoms with Crippen molar-refractivity contribution in [3.05, 3.63) is 0 Å². The van der Waals surface area contributed by atoms with E-state index in [-0.39, 0.29) is 103 Å². The number of fused-ring (bicyclic) bond motifs is 5. The normalized spacial score (nSPS) is 44.2. The van der Waals surface area contributed by atoms with Crippen LogP contribution >= 0.6 is 0 Å². The molecular formula is C57H82O13. The van der Waals surface area contributed by atoms with E-state index < -0.39 is 90.6 Å². The SMILES string of the molecule is CC1C(=O)OC(=O)C1C(C)(C)C(C)(CC(C)(C)C(C)(CC(C)(C)C1C(C)C2CC1C1COC(=O)C21)C(=O)OC12CC3CC(O)(C1)CC(C(=O)OC(C)(C)C)(C3)C2)C(=O)OC12CC3CC(C1)C(=O)C(C3)C2. The first kappa shape index (κ1) is 50.2. The van der Waals surface area contributed by atoms with Crippen molar-refractivity contribution >= 4 is 41.6 Å². The molecule has 0 amide bonds. The van der Waals surface area contributed by atoms with E-state index in [0.29, 0.717) is 51.6 Å². The maximum atomic E-state index is 16.2. The van der Waals surface area contributed by atoms with Crippen molar-refractivity contribution in [1.29, 1.82) is 0 Å². The summed E-state index contributed by atoms with van der Waals surface area (Å²) in [4.78, 5) is 99.9. The molecule has 2 saturated heterocycles. The van der Waals surface area contributed by atoms with Crippen LogP contribution < -0.4 is 0 Å². The van der Waals surface area contributed by atoms with E-state index in [9.17, 15) is 29.1 Å². The summed E-state index contributed by atoms with van der Waals surface area (Å²) in [6.07, 6.45) is 6.75. The Kier molecular flexibility index (Phi) is 11.0. The number of carbonyl (C=O) groups is 7. The van der Waals surface area contributed by atoms with Crippen molar-refractivity contribution in [2.75, 3.05) is 6.61 Å². The third-order valence-electron chi connectivity index (χ3n) is 22.2. The van der Waals surface area contributed by atoms with Crippen molar-refractivity contribution in [1.82, 2.24) is 0 Å². The highest BCUT2D eigenvalue weighted by atomic mass is 16.6. The molecule has 0 aromatic heterocycles. The zero-order valence-corrected chi connectivity index (χ0v) is 44.4. The van der Waals surface area contributed by atoms with Gasteiger partial charge < -0.3 is 28.8 Å². The second-order valence-corrected chi connectivity index (χ2v) is 29.3. The highest BCUT2D eigenvalue weighted by Gasteiger charge is 2.72. The highest BCUT2D eigenvalue weighted by molar-refractivity contribution is 5.97. The molecule has 10 bridgehead atoms. The first-order chi connectivity index (χ1) is 32.1. The Balaban J connectivity index is 1.05. The van der Waals surface area contributed by atoms with Gasteiger partial charge in [-0.05, 0) is 163 Å². The number of cyclic esters (lactones) is 3. The van der Waals surface area contributed by atoms with Crippen LogP contribution in [-0.2, 0) is 57.2 Å². The molecule has 70 heavy (non-hydrogen) atoms. The minimum atomic E-state index is -1.51. The van der Waals surface area contributed by atoms with Gasteiger partial charge in [0.15, 0.2) is 0 Å². The summed E-state index contributed by atoms with van der Waals surface area (Å²) in [6, 6.07) is 0. The summed E-state index contributed by atoms with van der Waals surface area (Å²) >= 11 is 0. The van der Waals surface area contributed by atoms with Gasteiger partial charge in [0.2, 0.25) is 0 Å². The van der Waals surface area contributed by atoms with Gasteiger partial charge in [-0.25, -0.2) is 0 Å². The van der Waals surface area contributed by atoms with Gasteiger partial charge in [-0.15, -0.1) is 0 Å². The molecule has 12 fully saturated rings. The monoisotopic (exact) mass is 975 g/mol. The summed E-state index contributed by atoms with van der Waals surface area (Å²) in [7, 11) is 0. The molecule has 10 saturated carbocycles. The molecule has 12 rings (SSSR count). The maximum absolute atomic E-state index is 16.2. The third-order valence-corrected chi connectivity index (χ3v) is 22.2. The molecular weight excluding hydrogens is 893 g/mol. The lowest BCUT2D eigenvalue weighted by molar-refractivity contribution is -0.257. The summed E-state index contributed by atoms with van der Waals surface area (Å²) < 4.78 is 31.1. The van der Waals surface area contributed by atoms with Gasteiger partial charge in [0.25, 0.3) is 0 Å². The van der Waals surface area contributed by atoms with Crippen molar-refractivity contribution in [2.45, 2.75) is 202 Å². The Morgan fingerprint density at radius 2 is 1.27 bits per heavy atom. The largest absolute Gasteiger partial charge is 0.465 e. The van der Waals surface area contributed by atoms with Crippen LogP contribution in [0.1, 0.15) is 180 Å². The van der Waals surface area contributed by atoms with Gasteiger partial charge in [-0.1, -0.05) is 55.4 Å². The quantitative estimate of drug-likeness (QED) is 0.105. The van der Waals surface area contributed by atoms with Crippen molar-refractivity contribution in [2.24, 2.45) is 104 Å². The lowest BCUT2D eigenvalue weighted by Crippen LogP contribution is -2.67. The minimum absolute atomic E-state index is 0.0459. The first-order valence-corrected chi connectivity index (χ1v) is 27.0. The highest BCUT2D eigenvalue weighted by Crippen LogP contribution is 2.70. The van der Waals surface area contributed by atoms with E-state index in [1.165, 1.54) is 0 Å². The van der Waals surface area contributed by atoms with Crippen molar-refractivity contribution in [3.8, 4) is 0 Å². The van der Waals surface area contributed by atoms with Gasteiger partial charge in [-0.2, -0.15) is 0 Å². The molecule has 0 spiro atoms. The fourth-order valence-corrected chi connectivity index (χ4v) is 19.5. The fraction of sp³-hybridized carbons (Fsp3) is 0.877. The molecule has 10 aliphatic carbocycles. The summed E-state index contributed by atoms with van der Waals surface area (Å²) in [5.74, 6) is -3.84. The van der Waals surface area contributed by atoms with Crippen molar-refractivity contribution < 1.29 is 62.4 Å². The summed E-state index contributed by atoms with van der Waals surface area (Å²) in [6.45, 7) is 25.8. The molecule has 13 nitrogen and oxygen atoms in total. The van der Waals surface area contributed by atoms with E-state index in [1.807, 2.05) is 62.3 Å². The number of ketones is 1. The molecule has 0 radical (unpaired) electrons. The number of esters is 6. The van der Waals surface area contributed by atoms with Crippen molar-refractivity contribution in [3.63, 3.8) is 0 Å². The van der Waals surface area contributed by atoms with Crippen LogP contribution in [0.4, 0.5) is 0 Å². The summed E-state index contributed by atoms with van der Waals surface area (Å²) in [5, 5.41) is 12.3. The number of carbonyl (C=O) groups excluding carboxylic acids is 7. The number of hydrogen-bond donors (Lipinski definition) is 1. The predicted molar refractivity (Wildman–Crippen MR) is 253 cm³/mol. The second-order valence-electron chi connectivity index (χ2n) is 29.3. The van der Waals surface area contributed by atoms with Crippen LogP contribution in [0.15, 0.2) is 0 Å². The molecule has 16 atom stereocenters. The van der Waals surface area contributed by atoms with E-state index in [0.717, 1.165) is 19.3 Å². The maximum Gasteiger partial charge on any atom is 0.318 e. The van der Waals surface area contributed by atoms with Gasteiger partial charge in [0.1, 0.15) is 22.6 Å². The second kappa shape index (κ2) is 15.4. The molecule has 13 heteroatoms. The average Bonchev–Trinajstić information content (AvgIpc) is 3.94. The Labute approximate surface area is 415 Å². The number of rotatable bonds is 13. The van der Waals surface area contributed by atoms with E-state index in [4.69, 9.17) is 23.7 Å². The molecule has 16 unspecified atom stereocenters. The van der Waals surface area contributed by atoms with Crippen LogP contribution in [0.2, 0.25) is 0 Å². The molecule has 0 aromatic rings. The lowest BCUT2D eigenvalue weighted by atomic mass is 9.46. The van der Waals surface area contributed by atoms with Crippen LogP contribution in [0.5, 0.6) is 0 Å². The van der Waals surface area contributed by atoms with Gasteiger partial charge in [-0.3, -0.25) is 33.6 Å². The molecule has 2 aliphatic heterocycles. The molecule has 0 aromatic carbocycles. The smallest absolute Gasteiger partial charge is 0.318 e. The van der Waals surface area contributed by atoms with E-state index in [2.05, 4.69) is 20.8 Å². The number of hydrogen-bond acceptors (Lipinski definition) is 13. The summed E-state index contributed by atoms with van der Waals surface area (Å²) in [5.41, 5.74) is -10.7. The third kappa shape index (κ3) is 7.36. The molecule has 2 heterocycles. The Bertz CT molecular complexity index is 2290. The standard InChI is InChI=1S/C57H82O13/c1-29-35-16-36(37-23-66-43(60)38(35)37)39(29)49(6,7)24-52(12,45(62)70-57-20-32-17-54(27-57,26-55(65,18-32)28-57)47(64)68-48(3,4)5)50(8,9)25-53(13,51(10,11)40-30(2)42(59)67-44(40)61)46(63)69-56-19-31-14-33(21-56)41(58)34(15-31)22-56/h29-40,65H,14-28H2,1-13H3. The fourth-order valence-electron chi connectivity index (χ4n) is 19.5. The number of aliphatic hydroxyl groups is 1. The van der Waals surface area contributed by atoms with Gasteiger partial charge >= 0.3 is 35.8 Å². The topological polar surface area (TPSA) is 186 Å². The minimum Gasteiger partial charge on any atom is -0.465 e. The van der Waals surface area contributed by atoms with Crippen LogP contribution in [0.3, 0.4) is 0 Å². The molecule has 388 valence electrons. The van der Waals surface area contributed by atoms with E-state index in [1.54, 1.807) is 6.92 Å². The number of Topliss-reactive ketones (excluding diaryl/α,β-unsaturated/α-hetero) is 1. The molecule has 12 aliphatic rings. The van der Waals surface area contributed by atoms with Crippen LogP contribution in [0.25, 0.3) is 0 Å². The average molecular weight is 975 g/mol. The Hall–Kier alpha value is -3.35. The van der Waals surface area contributed by atoms with Gasteiger partial charge in [0.05, 0.1) is 46.2 Å². The first-order valence-electron chi connectivity index (χ1n) is 27.0. The zero-order chi connectivity index (χ0) is 51.1. The number of ether oxygens (including phenoxy) is 5. The predicted octanol–water partition coefficient (Wildman–Crippen LogP) is 8.91. The zero-order valence-electron chi connectivity index (χ0n) is 44.4.